The molecule has 1 saturated heterocycles. The molecule has 1 heterocycles. The lowest BCUT2D eigenvalue weighted by Gasteiger charge is -2.21. The molecule has 1 aliphatic heterocycles. The largest absolute Gasteiger partial charge is 0.385 e. The van der Waals surface area contributed by atoms with E-state index in [-0.39, 0.29) is 11.6 Å². The summed E-state index contributed by atoms with van der Waals surface area (Å²) in [6, 6.07) is 14.5. The minimum absolute atomic E-state index is 0.0294. The Hall–Kier alpha value is -3.09. The van der Waals surface area contributed by atoms with E-state index in [4.69, 9.17) is 0 Å². The second-order valence-electron chi connectivity index (χ2n) is 6.93. The Kier molecular flexibility index (Phi) is 6.84. The summed E-state index contributed by atoms with van der Waals surface area (Å²) in [4.78, 5) is 24.8. The first-order valence-corrected chi connectivity index (χ1v) is 9.71. The lowest BCUT2D eigenvalue weighted by Crippen LogP contribution is -2.25. The van der Waals surface area contributed by atoms with Crippen LogP contribution in [-0.4, -0.2) is 30.5 Å². The van der Waals surface area contributed by atoms with Gasteiger partial charge in [0.05, 0.1) is 4.92 Å². The van der Waals surface area contributed by atoms with E-state index in [0.717, 1.165) is 24.3 Å². The van der Waals surface area contributed by atoms with Gasteiger partial charge in [-0.1, -0.05) is 18.2 Å². The lowest BCUT2D eigenvalue weighted by atomic mass is 10.1. The summed E-state index contributed by atoms with van der Waals surface area (Å²) in [5.74, 6) is 0.0294. The van der Waals surface area contributed by atoms with Crippen LogP contribution in [0.2, 0.25) is 0 Å². The van der Waals surface area contributed by atoms with Gasteiger partial charge in [0, 0.05) is 56.1 Å². The minimum atomic E-state index is -0.421. The van der Waals surface area contributed by atoms with E-state index in [9.17, 15) is 14.9 Å². The van der Waals surface area contributed by atoms with Crippen LogP contribution in [0.4, 0.5) is 17.1 Å². The van der Waals surface area contributed by atoms with Gasteiger partial charge in [-0.25, -0.2) is 0 Å². The fourth-order valence-electron chi connectivity index (χ4n) is 3.39. The van der Waals surface area contributed by atoms with Gasteiger partial charge in [0.1, 0.15) is 0 Å². The SMILES string of the molecule is O=C(CCCNc1ccc([N+](=O)[O-])cc1)NCc1ccccc1N1CCCC1. The second kappa shape index (κ2) is 9.73. The number of amides is 1. The number of non-ortho nitro benzene ring substituents is 1. The van der Waals surface area contributed by atoms with E-state index in [1.54, 1.807) is 12.1 Å². The van der Waals surface area contributed by atoms with E-state index < -0.39 is 4.92 Å². The predicted molar refractivity (Wildman–Crippen MR) is 111 cm³/mol. The van der Waals surface area contributed by atoms with Crippen molar-refractivity contribution in [1.29, 1.82) is 0 Å². The molecule has 0 bridgehead atoms. The molecular formula is C21H26N4O3. The van der Waals surface area contributed by atoms with Crippen molar-refractivity contribution in [1.82, 2.24) is 5.32 Å². The van der Waals surface area contributed by atoms with Gasteiger partial charge >= 0.3 is 0 Å². The van der Waals surface area contributed by atoms with Crippen LogP contribution in [0.5, 0.6) is 0 Å². The van der Waals surface area contributed by atoms with Gasteiger partial charge in [-0.3, -0.25) is 14.9 Å². The summed E-state index contributed by atoms with van der Waals surface area (Å²) in [6.07, 6.45) is 3.58. The Bertz CT molecular complexity index is 802. The topological polar surface area (TPSA) is 87.5 Å². The average Bonchev–Trinajstić information content (AvgIpc) is 3.25. The third-order valence-electron chi connectivity index (χ3n) is 4.90. The first-order valence-electron chi connectivity index (χ1n) is 9.71. The number of rotatable bonds is 9. The van der Waals surface area contributed by atoms with Gasteiger partial charge in [-0.05, 0) is 43.0 Å². The lowest BCUT2D eigenvalue weighted by molar-refractivity contribution is -0.384. The molecule has 1 fully saturated rings. The second-order valence-corrected chi connectivity index (χ2v) is 6.93. The zero-order valence-corrected chi connectivity index (χ0v) is 15.9. The molecule has 0 unspecified atom stereocenters. The molecule has 1 amide bonds. The first-order chi connectivity index (χ1) is 13.6. The van der Waals surface area contributed by atoms with Gasteiger partial charge in [0.15, 0.2) is 0 Å². The number of carbonyl (C=O) groups is 1. The Labute approximate surface area is 164 Å². The van der Waals surface area contributed by atoms with Crippen molar-refractivity contribution in [2.24, 2.45) is 0 Å². The number of para-hydroxylation sites is 1. The highest BCUT2D eigenvalue weighted by atomic mass is 16.6. The molecule has 7 nitrogen and oxygen atoms in total. The highest BCUT2D eigenvalue weighted by Crippen LogP contribution is 2.24. The first kappa shape index (κ1) is 19.7. The zero-order valence-electron chi connectivity index (χ0n) is 15.9. The summed E-state index contributed by atoms with van der Waals surface area (Å²) >= 11 is 0. The molecule has 0 spiro atoms. The molecular weight excluding hydrogens is 356 g/mol. The third kappa shape index (κ3) is 5.45. The van der Waals surface area contributed by atoms with Crippen molar-refractivity contribution in [3.8, 4) is 0 Å². The number of benzene rings is 2. The smallest absolute Gasteiger partial charge is 0.269 e. The molecule has 3 rings (SSSR count). The van der Waals surface area contributed by atoms with E-state index in [1.807, 2.05) is 12.1 Å². The normalized spacial score (nSPS) is 13.4. The van der Waals surface area contributed by atoms with Crippen molar-refractivity contribution >= 4 is 23.0 Å². The summed E-state index contributed by atoms with van der Waals surface area (Å²) in [5.41, 5.74) is 3.26. The molecule has 2 N–H and O–H groups in total. The van der Waals surface area contributed by atoms with Crippen LogP contribution in [0.25, 0.3) is 0 Å². The number of nitro benzene ring substituents is 1. The number of nitrogens with one attached hydrogen (secondary N) is 2. The standard InChI is InChI=1S/C21H26N4O3/c26-21(8-5-13-22-18-9-11-19(12-10-18)25(27)28)23-16-17-6-1-2-7-20(17)24-14-3-4-15-24/h1-2,6-7,9-12,22H,3-5,8,13-16H2,(H,23,26). The van der Waals surface area contributed by atoms with Gasteiger partial charge in [0.25, 0.3) is 5.69 Å². The van der Waals surface area contributed by atoms with Crippen molar-refractivity contribution in [3.63, 3.8) is 0 Å². The zero-order chi connectivity index (χ0) is 19.8. The van der Waals surface area contributed by atoms with Crippen molar-refractivity contribution in [2.75, 3.05) is 29.9 Å². The van der Waals surface area contributed by atoms with E-state index in [0.29, 0.717) is 25.9 Å². The minimum Gasteiger partial charge on any atom is -0.385 e. The summed E-state index contributed by atoms with van der Waals surface area (Å²) in [7, 11) is 0. The summed E-state index contributed by atoms with van der Waals surface area (Å²) in [6.45, 7) is 3.34. The number of carbonyl (C=O) groups excluding carboxylic acids is 1. The molecule has 0 atom stereocenters. The average molecular weight is 382 g/mol. The maximum absolute atomic E-state index is 12.2. The van der Waals surface area contributed by atoms with Crippen molar-refractivity contribution < 1.29 is 9.72 Å². The Morgan fingerprint density at radius 1 is 1.07 bits per heavy atom. The molecule has 2 aromatic carbocycles. The van der Waals surface area contributed by atoms with E-state index in [1.165, 1.54) is 30.7 Å². The Balaban J connectivity index is 1.39. The summed E-state index contributed by atoms with van der Waals surface area (Å²) in [5, 5.41) is 16.8. The highest BCUT2D eigenvalue weighted by Gasteiger charge is 2.15. The number of hydrogen-bond donors (Lipinski definition) is 2. The van der Waals surface area contributed by atoms with Crippen molar-refractivity contribution in [3.05, 3.63) is 64.2 Å². The Morgan fingerprint density at radius 3 is 2.50 bits per heavy atom. The van der Waals surface area contributed by atoms with Crippen LogP contribution in [0.1, 0.15) is 31.2 Å². The number of anilines is 2. The fourth-order valence-corrected chi connectivity index (χ4v) is 3.39. The molecule has 0 aromatic heterocycles. The number of nitro groups is 1. The van der Waals surface area contributed by atoms with Gasteiger partial charge < -0.3 is 15.5 Å². The molecule has 0 aliphatic carbocycles. The maximum atomic E-state index is 12.2. The summed E-state index contributed by atoms with van der Waals surface area (Å²) < 4.78 is 0. The molecule has 1 aliphatic rings. The molecule has 7 heteroatoms. The quantitative estimate of drug-likeness (QED) is 0.392. The Morgan fingerprint density at radius 2 is 1.79 bits per heavy atom. The molecule has 0 radical (unpaired) electrons. The molecule has 148 valence electrons. The van der Waals surface area contributed by atoms with Crippen LogP contribution >= 0.6 is 0 Å². The number of nitrogens with zero attached hydrogens (tertiary/aromatic N) is 2. The van der Waals surface area contributed by atoms with Gasteiger partial charge in [-0.15, -0.1) is 0 Å². The van der Waals surface area contributed by atoms with Gasteiger partial charge in [-0.2, -0.15) is 0 Å². The highest BCUT2D eigenvalue weighted by molar-refractivity contribution is 5.76. The van der Waals surface area contributed by atoms with Crippen LogP contribution in [0.15, 0.2) is 48.5 Å². The van der Waals surface area contributed by atoms with Crippen LogP contribution in [-0.2, 0) is 11.3 Å². The van der Waals surface area contributed by atoms with Gasteiger partial charge in [0.2, 0.25) is 5.91 Å². The van der Waals surface area contributed by atoms with E-state index >= 15 is 0 Å². The van der Waals surface area contributed by atoms with Crippen LogP contribution in [0, 0.1) is 10.1 Å². The van der Waals surface area contributed by atoms with Crippen LogP contribution in [0.3, 0.4) is 0 Å². The predicted octanol–water partition coefficient (Wildman–Crippen LogP) is 3.70. The monoisotopic (exact) mass is 382 g/mol. The molecule has 28 heavy (non-hydrogen) atoms. The van der Waals surface area contributed by atoms with Crippen LogP contribution < -0.4 is 15.5 Å². The van der Waals surface area contributed by atoms with Crippen molar-refractivity contribution in [2.45, 2.75) is 32.2 Å². The molecule has 2 aromatic rings. The van der Waals surface area contributed by atoms with E-state index in [2.05, 4.69) is 27.7 Å². The number of hydrogen-bond acceptors (Lipinski definition) is 5. The fraction of sp³-hybridized carbons (Fsp3) is 0.381. The maximum Gasteiger partial charge on any atom is 0.269 e. The molecule has 0 saturated carbocycles. The third-order valence-corrected chi connectivity index (χ3v) is 4.90.